The molecule has 0 unspecified atom stereocenters. The minimum absolute atomic E-state index is 0.122. The molecule has 0 spiro atoms. The number of aromatic carboxylic acids is 1. The van der Waals surface area contributed by atoms with Gasteiger partial charge in [0, 0.05) is 18.4 Å². The maximum absolute atomic E-state index is 12.7. The summed E-state index contributed by atoms with van der Waals surface area (Å²) < 4.78 is 23.0. The van der Waals surface area contributed by atoms with Crippen molar-refractivity contribution in [1.82, 2.24) is 9.97 Å². The molecule has 3 N–H and O–H groups in total. The predicted octanol–water partition coefficient (Wildman–Crippen LogP) is 2.66. The molecule has 3 rings (SSSR count). The number of carboxylic acids is 1. The van der Waals surface area contributed by atoms with Gasteiger partial charge in [0.25, 0.3) is 0 Å². The van der Waals surface area contributed by atoms with Gasteiger partial charge in [-0.2, -0.15) is 0 Å². The lowest BCUT2D eigenvalue weighted by molar-refractivity contribution is 0.0687. The van der Waals surface area contributed by atoms with E-state index in [0.717, 1.165) is 31.9 Å². The third-order valence-corrected chi connectivity index (χ3v) is 7.16. The lowest BCUT2D eigenvalue weighted by Gasteiger charge is -2.12. The SMILES string of the molecule is CS(=O)(=O)c1sc(NC(=O)Nc2cccnc2C(=O)C2CCCC2)nc1C(=O)O. The quantitative estimate of drug-likeness (QED) is 0.581. The maximum Gasteiger partial charge on any atom is 0.356 e. The first-order valence-electron chi connectivity index (χ1n) is 8.68. The van der Waals surface area contributed by atoms with Crippen LogP contribution in [0.25, 0.3) is 0 Å². The van der Waals surface area contributed by atoms with Gasteiger partial charge in [-0.25, -0.2) is 23.0 Å². The summed E-state index contributed by atoms with van der Waals surface area (Å²) in [5, 5.41) is 13.7. The first kappa shape index (κ1) is 20.9. The van der Waals surface area contributed by atoms with E-state index in [0.29, 0.717) is 11.3 Å². The van der Waals surface area contributed by atoms with Crippen molar-refractivity contribution in [2.24, 2.45) is 5.92 Å². The summed E-state index contributed by atoms with van der Waals surface area (Å²) in [6.07, 6.45) is 5.84. The molecule has 2 aromatic heterocycles. The number of carbonyl (C=O) groups is 3. The van der Waals surface area contributed by atoms with Gasteiger partial charge < -0.3 is 10.4 Å². The van der Waals surface area contributed by atoms with Crippen LogP contribution in [0.15, 0.2) is 22.5 Å². The topological polar surface area (TPSA) is 155 Å². The van der Waals surface area contributed by atoms with Crippen molar-refractivity contribution in [3.05, 3.63) is 29.7 Å². The molecule has 0 aromatic carbocycles. The zero-order chi connectivity index (χ0) is 21.2. The molecular weight excluding hydrogens is 420 g/mol. The number of sulfone groups is 1. The fraction of sp³-hybridized carbons (Fsp3) is 0.353. The van der Waals surface area contributed by atoms with E-state index in [1.54, 1.807) is 6.07 Å². The van der Waals surface area contributed by atoms with Crippen molar-refractivity contribution in [2.45, 2.75) is 29.9 Å². The van der Waals surface area contributed by atoms with Gasteiger partial charge in [0.05, 0.1) is 5.69 Å². The number of nitrogens with one attached hydrogen (secondary N) is 2. The van der Waals surface area contributed by atoms with Crippen molar-refractivity contribution in [3.63, 3.8) is 0 Å². The van der Waals surface area contributed by atoms with Crippen LogP contribution >= 0.6 is 11.3 Å². The molecule has 2 amide bonds. The van der Waals surface area contributed by atoms with E-state index in [4.69, 9.17) is 5.11 Å². The largest absolute Gasteiger partial charge is 0.476 e. The number of thiazole rings is 1. The number of hydrogen-bond donors (Lipinski definition) is 3. The zero-order valence-electron chi connectivity index (χ0n) is 15.3. The first-order valence-corrected chi connectivity index (χ1v) is 11.4. The van der Waals surface area contributed by atoms with Crippen LogP contribution in [0.4, 0.5) is 15.6 Å². The fourth-order valence-corrected chi connectivity index (χ4v) is 5.09. The molecule has 1 aliphatic rings. The number of carboxylic acid groups (broad SMARTS) is 1. The van der Waals surface area contributed by atoms with Gasteiger partial charge in [0.1, 0.15) is 5.69 Å². The summed E-state index contributed by atoms with van der Waals surface area (Å²) in [5.74, 6) is -1.78. The predicted molar refractivity (Wildman–Crippen MR) is 105 cm³/mol. The number of Topliss-reactive ketones (excluding diaryl/α,β-unsaturated/α-hetero) is 1. The van der Waals surface area contributed by atoms with Crippen LogP contribution in [-0.2, 0) is 9.84 Å². The smallest absolute Gasteiger partial charge is 0.356 e. The van der Waals surface area contributed by atoms with Gasteiger partial charge in [0.15, 0.2) is 30.7 Å². The van der Waals surface area contributed by atoms with Crippen LogP contribution in [0.2, 0.25) is 0 Å². The molecule has 1 aliphatic carbocycles. The van der Waals surface area contributed by atoms with Gasteiger partial charge >= 0.3 is 12.0 Å². The van der Waals surface area contributed by atoms with Crippen LogP contribution < -0.4 is 10.6 Å². The molecule has 10 nitrogen and oxygen atoms in total. The number of pyridine rings is 1. The second-order valence-electron chi connectivity index (χ2n) is 6.56. The van der Waals surface area contributed by atoms with Crippen molar-refractivity contribution in [2.75, 3.05) is 16.9 Å². The van der Waals surface area contributed by atoms with Gasteiger partial charge in [0.2, 0.25) is 0 Å². The number of ketones is 1. The highest BCUT2D eigenvalue weighted by Gasteiger charge is 2.28. The van der Waals surface area contributed by atoms with Crippen molar-refractivity contribution < 1.29 is 27.9 Å². The Kier molecular flexibility index (Phi) is 5.94. The first-order chi connectivity index (χ1) is 13.7. The standard InChI is InChI=1S/C17H18N4O6S2/c1-29(26,27)15-12(14(23)24)20-17(28-15)21-16(25)19-10-7-4-8-18-11(10)13(22)9-5-2-3-6-9/h4,7-9H,2-3,5-6H2,1H3,(H,23,24)(H2,19,20,21,25). The number of amides is 2. The van der Waals surface area contributed by atoms with E-state index in [-0.39, 0.29) is 28.2 Å². The zero-order valence-corrected chi connectivity index (χ0v) is 17.0. The molecule has 0 radical (unpaired) electrons. The summed E-state index contributed by atoms with van der Waals surface area (Å²) in [6.45, 7) is 0. The number of anilines is 2. The molecular formula is C17H18N4O6S2. The van der Waals surface area contributed by atoms with E-state index in [9.17, 15) is 22.8 Å². The third-order valence-electron chi connectivity index (χ3n) is 4.37. The highest BCUT2D eigenvalue weighted by atomic mass is 32.2. The average Bonchev–Trinajstić information content (AvgIpc) is 3.31. The number of nitrogens with zero attached hydrogens (tertiary/aromatic N) is 2. The Hall–Kier alpha value is -2.86. The fourth-order valence-electron chi connectivity index (χ4n) is 3.08. The summed E-state index contributed by atoms with van der Waals surface area (Å²) in [7, 11) is -3.83. The Morgan fingerprint density at radius 2 is 1.86 bits per heavy atom. The van der Waals surface area contributed by atoms with E-state index >= 15 is 0 Å². The molecule has 29 heavy (non-hydrogen) atoms. The van der Waals surface area contributed by atoms with Crippen molar-refractivity contribution >= 4 is 49.8 Å². The normalized spacial score (nSPS) is 14.5. The Morgan fingerprint density at radius 3 is 2.45 bits per heavy atom. The van der Waals surface area contributed by atoms with E-state index in [1.807, 2.05) is 0 Å². The van der Waals surface area contributed by atoms with Crippen LogP contribution in [0.3, 0.4) is 0 Å². The second kappa shape index (κ2) is 8.25. The number of aromatic nitrogens is 2. The van der Waals surface area contributed by atoms with Gasteiger partial charge in [-0.1, -0.05) is 24.2 Å². The van der Waals surface area contributed by atoms with Crippen molar-refractivity contribution in [3.8, 4) is 0 Å². The molecule has 12 heteroatoms. The van der Waals surface area contributed by atoms with Crippen molar-refractivity contribution in [1.29, 1.82) is 0 Å². The van der Waals surface area contributed by atoms with Crippen LogP contribution in [-0.4, -0.2) is 47.5 Å². The molecule has 0 saturated heterocycles. The van der Waals surface area contributed by atoms with E-state index in [2.05, 4.69) is 20.6 Å². The lowest BCUT2D eigenvalue weighted by atomic mass is 9.99. The molecule has 0 bridgehead atoms. The average molecular weight is 438 g/mol. The Bertz CT molecular complexity index is 1070. The number of urea groups is 1. The minimum Gasteiger partial charge on any atom is -0.476 e. The lowest BCUT2D eigenvalue weighted by Crippen LogP contribution is -2.23. The molecule has 0 atom stereocenters. The summed E-state index contributed by atoms with van der Waals surface area (Å²) >= 11 is 0.530. The Morgan fingerprint density at radius 1 is 1.17 bits per heavy atom. The Balaban J connectivity index is 1.79. The number of hydrogen-bond acceptors (Lipinski definition) is 8. The minimum atomic E-state index is -3.83. The van der Waals surface area contributed by atoms with Crippen LogP contribution in [0.5, 0.6) is 0 Å². The van der Waals surface area contributed by atoms with Gasteiger partial charge in [-0.15, -0.1) is 0 Å². The molecule has 2 aromatic rings. The molecule has 0 aliphatic heterocycles. The molecule has 1 fully saturated rings. The summed E-state index contributed by atoms with van der Waals surface area (Å²) in [6, 6.07) is 2.29. The molecule has 1 saturated carbocycles. The van der Waals surface area contributed by atoms with Gasteiger partial charge in [-0.05, 0) is 25.0 Å². The van der Waals surface area contributed by atoms with Crippen LogP contribution in [0, 0.1) is 5.92 Å². The highest BCUT2D eigenvalue weighted by Crippen LogP contribution is 2.30. The molecule has 154 valence electrons. The van der Waals surface area contributed by atoms with Crippen LogP contribution in [0.1, 0.15) is 46.7 Å². The summed E-state index contributed by atoms with van der Waals surface area (Å²) in [5.41, 5.74) is -0.303. The van der Waals surface area contributed by atoms with Gasteiger partial charge in [-0.3, -0.25) is 15.1 Å². The Labute approximate surface area is 170 Å². The molecule has 2 heterocycles. The number of rotatable bonds is 6. The number of carbonyl (C=O) groups excluding carboxylic acids is 2. The highest BCUT2D eigenvalue weighted by molar-refractivity contribution is 7.93. The third kappa shape index (κ3) is 4.77. The van der Waals surface area contributed by atoms with E-state index in [1.165, 1.54) is 12.3 Å². The summed E-state index contributed by atoms with van der Waals surface area (Å²) in [4.78, 5) is 44.0. The second-order valence-corrected chi connectivity index (χ2v) is 9.77. The van der Waals surface area contributed by atoms with E-state index < -0.39 is 31.7 Å². The monoisotopic (exact) mass is 438 g/mol. The maximum atomic E-state index is 12.7.